The Balaban J connectivity index is 1.81. The van der Waals surface area contributed by atoms with Crippen molar-refractivity contribution in [1.82, 2.24) is 10.3 Å². The third-order valence-electron chi connectivity index (χ3n) is 3.18. The fourth-order valence-electron chi connectivity index (χ4n) is 2.10. The zero-order valence-corrected chi connectivity index (χ0v) is 12.2. The predicted molar refractivity (Wildman–Crippen MR) is 81.7 cm³/mol. The third kappa shape index (κ3) is 4.49. The van der Waals surface area contributed by atoms with Crippen LogP contribution in [0.5, 0.6) is 0 Å². The monoisotopic (exact) mass is 308 g/mol. The van der Waals surface area contributed by atoms with E-state index in [1.54, 1.807) is 18.2 Å². The van der Waals surface area contributed by atoms with Crippen LogP contribution < -0.4 is 5.32 Å². The van der Waals surface area contributed by atoms with Gasteiger partial charge in [0.2, 0.25) is 0 Å². The van der Waals surface area contributed by atoms with Crippen molar-refractivity contribution < 1.29 is 14.7 Å². The van der Waals surface area contributed by atoms with Crippen molar-refractivity contribution in [3.05, 3.63) is 35.0 Å². The quantitative estimate of drug-likeness (QED) is 0.687. The number of amides is 1. The van der Waals surface area contributed by atoms with Crippen LogP contribution in [0.1, 0.15) is 36.2 Å². The van der Waals surface area contributed by atoms with Gasteiger partial charge in [0.1, 0.15) is 5.69 Å². The summed E-state index contributed by atoms with van der Waals surface area (Å²) in [6.07, 6.45) is 2.37. The lowest BCUT2D eigenvalue weighted by molar-refractivity contribution is -0.137. The SMILES string of the molecule is O=C(O)CCCCCNC(=O)c1cc2ccc(Cl)cc2[nH]1. The summed E-state index contributed by atoms with van der Waals surface area (Å²) < 4.78 is 0. The van der Waals surface area contributed by atoms with Crippen molar-refractivity contribution in [3.63, 3.8) is 0 Å². The van der Waals surface area contributed by atoms with Gasteiger partial charge in [-0.2, -0.15) is 0 Å². The van der Waals surface area contributed by atoms with Crippen LogP contribution in [0.4, 0.5) is 0 Å². The van der Waals surface area contributed by atoms with Gasteiger partial charge in [0.15, 0.2) is 0 Å². The Kier molecular flexibility index (Phi) is 5.22. The topological polar surface area (TPSA) is 82.2 Å². The molecule has 3 N–H and O–H groups in total. The first kappa shape index (κ1) is 15.4. The summed E-state index contributed by atoms with van der Waals surface area (Å²) in [6.45, 7) is 0.536. The summed E-state index contributed by atoms with van der Waals surface area (Å²) in [4.78, 5) is 25.4. The van der Waals surface area contributed by atoms with Gasteiger partial charge in [-0.15, -0.1) is 0 Å². The maximum atomic E-state index is 12.0. The highest BCUT2D eigenvalue weighted by Gasteiger charge is 2.09. The molecule has 0 aliphatic heterocycles. The van der Waals surface area contributed by atoms with Crippen LogP contribution in [-0.4, -0.2) is 28.5 Å². The number of aliphatic carboxylic acids is 1. The Morgan fingerprint density at radius 3 is 2.76 bits per heavy atom. The molecule has 1 aromatic carbocycles. The molecule has 0 saturated carbocycles. The number of benzene rings is 1. The molecule has 1 heterocycles. The van der Waals surface area contributed by atoms with Gasteiger partial charge >= 0.3 is 5.97 Å². The molecule has 1 aromatic heterocycles. The molecular formula is C15H17ClN2O3. The molecule has 0 atom stereocenters. The number of rotatable bonds is 7. The zero-order valence-electron chi connectivity index (χ0n) is 11.5. The van der Waals surface area contributed by atoms with E-state index in [9.17, 15) is 9.59 Å². The van der Waals surface area contributed by atoms with E-state index in [0.717, 1.165) is 23.7 Å². The first-order valence-electron chi connectivity index (χ1n) is 6.84. The van der Waals surface area contributed by atoms with Crippen LogP contribution in [-0.2, 0) is 4.79 Å². The third-order valence-corrected chi connectivity index (χ3v) is 3.42. The van der Waals surface area contributed by atoms with Gasteiger partial charge in [-0.05, 0) is 31.0 Å². The lowest BCUT2D eigenvalue weighted by Crippen LogP contribution is -2.24. The van der Waals surface area contributed by atoms with Crippen molar-refractivity contribution in [3.8, 4) is 0 Å². The number of hydrogen-bond acceptors (Lipinski definition) is 2. The number of hydrogen-bond donors (Lipinski definition) is 3. The minimum atomic E-state index is -0.782. The Hall–Kier alpha value is -2.01. The number of halogens is 1. The van der Waals surface area contributed by atoms with E-state index in [1.807, 2.05) is 6.07 Å². The number of nitrogens with one attached hydrogen (secondary N) is 2. The van der Waals surface area contributed by atoms with Crippen LogP contribution in [0, 0.1) is 0 Å². The number of carbonyl (C=O) groups is 2. The van der Waals surface area contributed by atoms with Crippen molar-refractivity contribution in [2.75, 3.05) is 6.54 Å². The fraction of sp³-hybridized carbons (Fsp3) is 0.333. The molecule has 21 heavy (non-hydrogen) atoms. The second-order valence-electron chi connectivity index (χ2n) is 4.87. The van der Waals surface area contributed by atoms with Crippen LogP contribution >= 0.6 is 11.6 Å². The van der Waals surface area contributed by atoms with Gasteiger partial charge in [-0.25, -0.2) is 0 Å². The lowest BCUT2D eigenvalue weighted by Gasteiger charge is -2.03. The highest BCUT2D eigenvalue weighted by Crippen LogP contribution is 2.19. The Labute approximate surface area is 127 Å². The Morgan fingerprint density at radius 1 is 1.19 bits per heavy atom. The van der Waals surface area contributed by atoms with Crippen LogP contribution in [0.15, 0.2) is 24.3 Å². The molecule has 0 unspecified atom stereocenters. The largest absolute Gasteiger partial charge is 0.481 e. The fourth-order valence-corrected chi connectivity index (χ4v) is 2.27. The van der Waals surface area contributed by atoms with E-state index in [-0.39, 0.29) is 12.3 Å². The van der Waals surface area contributed by atoms with E-state index in [0.29, 0.717) is 23.7 Å². The lowest BCUT2D eigenvalue weighted by atomic mass is 10.2. The molecule has 112 valence electrons. The number of aromatic nitrogens is 1. The van der Waals surface area contributed by atoms with Gasteiger partial charge in [0, 0.05) is 28.9 Å². The summed E-state index contributed by atoms with van der Waals surface area (Å²) in [5.41, 5.74) is 1.33. The molecular weight excluding hydrogens is 292 g/mol. The van der Waals surface area contributed by atoms with Gasteiger partial charge in [-0.1, -0.05) is 24.1 Å². The predicted octanol–water partition coefficient (Wildman–Crippen LogP) is 3.20. The molecule has 0 spiro atoms. The van der Waals surface area contributed by atoms with E-state index in [2.05, 4.69) is 10.3 Å². The van der Waals surface area contributed by atoms with Crippen LogP contribution in [0.3, 0.4) is 0 Å². The molecule has 0 bridgehead atoms. The van der Waals surface area contributed by atoms with Crippen molar-refractivity contribution in [2.24, 2.45) is 0 Å². The number of carbonyl (C=O) groups excluding carboxylic acids is 1. The molecule has 5 nitrogen and oxygen atoms in total. The Bertz CT molecular complexity index is 651. The standard InChI is InChI=1S/C15H17ClN2O3/c16-11-6-5-10-8-13(18-12(10)9-11)15(21)17-7-3-1-2-4-14(19)20/h5-6,8-9,18H,1-4,7H2,(H,17,21)(H,19,20). The summed E-state index contributed by atoms with van der Waals surface area (Å²) in [6, 6.07) is 7.20. The highest BCUT2D eigenvalue weighted by molar-refractivity contribution is 6.31. The second-order valence-corrected chi connectivity index (χ2v) is 5.31. The van der Waals surface area contributed by atoms with E-state index < -0.39 is 5.97 Å². The minimum absolute atomic E-state index is 0.166. The average molecular weight is 309 g/mol. The van der Waals surface area contributed by atoms with Gasteiger partial charge in [0.05, 0.1) is 0 Å². The van der Waals surface area contributed by atoms with Gasteiger partial charge in [-0.3, -0.25) is 9.59 Å². The second kappa shape index (κ2) is 7.13. The summed E-state index contributed by atoms with van der Waals surface area (Å²) in [7, 11) is 0. The number of carboxylic acid groups (broad SMARTS) is 1. The van der Waals surface area contributed by atoms with Gasteiger partial charge < -0.3 is 15.4 Å². The maximum Gasteiger partial charge on any atom is 0.303 e. The van der Waals surface area contributed by atoms with Crippen molar-refractivity contribution in [2.45, 2.75) is 25.7 Å². The van der Waals surface area contributed by atoms with Crippen molar-refractivity contribution in [1.29, 1.82) is 0 Å². The van der Waals surface area contributed by atoms with E-state index >= 15 is 0 Å². The summed E-state index contributed by atoms with van der Waals surface area (Å²) >= 11 is 5.90. The number of H-pyrrole nitrogens is 1. The molecule has 2 rings (SSSR count). The zero-order chi connectivity index (χ0) is 15.2. The summed E-state index contributed by atoms with van der Waals surface area (Å²) in [5, 5.41) is 12.9. The summed E-state index contributed by atoms with van der Waals surface area (Å²) in [5.74, 6) is -0.948. The smallest absolute Gasteiger partial charge is 0.303 e. The number of aromatic amines is 1. The molecule has 6 heteroatoms. The molecule has 1 amide bonds. The highest BCUT2D eigenvalue weighted by atomic mass is 35.5. The first-order valence-corrected chi connectivity index (χ1v) is 7.22. The number of fused-ring (bicyclic) bond motifs is 1. The number of unbranched alkanes of at least 4 members (excludes halogenated alkanes) is 2. The maximum absolute atomic E-state index is 12.0. The molecule has 0 fully saturated rings. The van der Waals surface area contributed by atoms with E-state index in [4.69, 9.17) is 16.7 Å². The molecule has 0 aliphatic rings. The average Bonchev–Trinajstić information content (AvgIpc) is 2.85. The van der Waals surface area contributed by atoms with Gasteiger partial charge in [0.25, 0.3) is 5.91 Å². The van der Waals surface area contributed by atoms with Crippen LogP contribution in [0.25, 0.3) is 10.9 Å². The molecule has 2 aromatic rings. The van der Waals surface area contributed by atoms with Crippen molar-refractivity contribution >= 4 is 34.4 Å². The first-order chi connectivity index (χ1) is 10.1. The normalized spacial score (nSPS) is 10.7. The molecule has 0 saturated heterocycles. The minimum Gasteiger partial charge on any atom is -0.481 e. The number of carboxylic acids is 1. The van der Waals surface area contributed by atoms with E-state index in [1.165, 1.54) is 0 Å². The van der Waals surface area contributed by atoms with Crippen LogP contribution in [0.2, 0.25) is 5.02 Å². The molecule has 0 aliphatic carbocycles. The Morgan fingerprint density at radius 2 is 2.00 bits per heavy atom. The molecule has 0 radical (unpaired) electrons.